The van der Waals surface area contributed by atoms with Crippen LogP contribution in [0.5, 0.6) is 0 Å². The summed E-state index contributed by atoms with van der Waals surface area (Å²) in [5, 5.41) is 11.8. The molecule has 0 unspecified atom stereocenters. The third-order valence-corrected chi connectivity index (χ3v) is 5.86. The third kappa shape index (κ3) is 3.78. The van der Waals surface area contributed by atoms with Crippen LogP contribution in [0, 0.1) is 10.1 Å². The SMILES string of the molecule is O=C(c1ccccc1)c1ccc(N2CCC[C@H](N3CCCC3)C2)c([N+](=O)[O-])c1. The van der Waals surface area contributed by atoms with Gasteiger partial charge in [-0.05, 0) is 50.9 Å². The van der Waals surface area contributed by atoms with Crippen LogP contribution < -0.4 is 4.90 Å². The second kappa shape index (κ2) is 8.10. The Balaban J connectivity index is 1.60. The number of likely N-dealkylation sites (tertiary alicyclic amines) is 1. The minimum absolute atomic E-state index is 0.0175. The molecule has 0 spiro atoms. The van der Waals surface area contributed by atoms with Gasteiger partial charge < -0.3 is 4.90 Å². The van der Waals surface area contributed by atoms with Gasteiger partial charge in [-0.15, -0.1) is 0 Å². The molecule has 2 aromatic carbocycles. The quantitative estimate of drug-likeness (QED) is 0.448. The van der Waals surface area contributed by atoms with Gasteiger partial charge in [0.05, 0.1) is 4.92 Å². The van der Waals surface area contributed by atoms with Crippen LogP contribution in [0.2, 0.25) is 0 Å². The lowest BCUT2D eigenvalue weighted by molar-refractivity contribution is -0.384. The molecule has 0 aliphatic carbocycles. The Bertz CT molecular complexity index is 863. The summed E-state index contributed by atoms with van der Waals surface area (Å²) in [6.07, 6.45) is 4.66. The molecule has 0 amide bonds. The van der Waals surface area contributed by atoms with E-state index in [9.17, 15) is 14.9 Å². The van der Waals surface area contributed by atoms with Crippen molar-refractivity contribution in [3.8, 4) is 0 Å². The smallest absolute Gasteiger partial charge is 0.293 e. The van der Waals surface area contributed by atoms with E-state index < -0.39 is 0 Å². The summed E-state index contributed by atoms with van der Waals surface area (Å²) in [7, 11) is 0. The fraction of sp³-hybridized carbons (Fsp3) is 0.409. The van der Waals surface area contributed by atoms with Crippen LogP contribution >= 0.6 is 0 Å². The van der Waals surface area contributed by atoms with Crippen LogP contribution in [-0.2, 0) is 0 Å². The summed E-state index contributed by atoms with van der Waals surface area (Å²) < 4.78 is 0. The molecule has 6 nitrogen and oxygen atoms in total. The lowest BCUT2D eigenvalue weighted by Gasteiger charge is -2.38. The van der Waals surface area contributed by atoms with E-state index in [0.29, 0.717) is 22.9 Å². The van der Waals surface area contributed by atoms with Crippen molar-refractivity contribution < 1.29 is 9.72 Å². The molecular formula is C22H25N3O3. The Kier molecular flexibility index (Phi) is 5.39. The molecule has 2 fully saturated rings. The second-order valence-corrected chi connectivity index (χ2v) is 7.64. The Morgan fingerprint density at radius 3 is 2.43 bits per heavy atom. The van der Waals surface area contributed by atoms with E-state index in [-0.39, 0.29) is 16.4 Å². The van der Waals surface area contributed by atoms with Gasteiger partial charge in [0, 0.05) is 36.3 Å². The minimum atomic E-state index is -0.365. The predicted octanol–water partition coefficient (Wildman–Crippen LogP) is 3.89. The number of hydrogen-bond acceptors (Lipinski definition) is 5. The number of carbonyl (C=O) groups is 1. The summed E-state index contributed by atoms with van der Waals surface area (Å²) in [5.74, 6) is -0.191. The summed E-state index contributed by atoms with van der Waals surface area (Å²) in [6, 6.07) is 14.3. The highest BCUT2D eigenvalue weighted by Gasteiger charge is 2.30. The van der Waals surface area contributed by atoms with Gasteiger partial charge in [-0.3, -0.25) is 19.8 Å². The van der Waals surface area contributed by atoms with Gasteiger partial charge in [0.1, 0.15) is 5.69 Å². The first-order valence-corrected chi connectivity index (χ1v) is 10.0. The molecule has 0 radical (unpaired) electrons. The van der Waals surface area contributed by atoms with Gasteiger partial charge in [-0.25, -0.2) is 0 Å². The zero-order valence-electron chi connectivity index (χ0n) is 15.9. The van der Waals surface area contributed by atoms with Crippen LogP contribution in [0.15, 0.2) is 48.5 Å². The van der Waals surface area contributed by atoms with Crippen LogP contribution in [-0.4, -0.2) is 47.8 Å². The number of nitro groups is 1. The van der Waals surface area contributed by atoms with Gasteiger partial charge in [0.25, 0.3) is 5.69 Å². The second-order valence-electron chi connectivity index (χ2n) is 7.64. The highest BCUT2D eigenvalue weighted by Crippen LogP contribution is 2.33. The summed E-state index contributed by atoms with van der Waals surface area (Å²) >= 11 is 0. The van der Waals surface area contributed by atoms with Gasteiger partial charge in [0.2, 0.25) is 0 Å². The van der Waals surface area contributed by atoms with E-state index in [4.69, 9.17) is 0 Å². The number of hydrogen-bond donors (Lipinski definition) is 0. The number of nitro benzene ring substituents is 1. The zero-order valence-corrected chi connectivity index (χ0v) is 15.9. The first-order valence-electron chi connectivity index (χ1n) is 10.0. The number of anilines is 1. The van der Waals surface area contributed by atoms with Gasteiger partial charge in [0.15, 0.2) is 5.78 Å². The van der Waals surface area contributed by atoms with Crippen LogP contribution in [0.25, 0.3) is 0 Å². The van der Waals surface area contributed by atoms with E-state index in [1.165, 1.54) is 18.9 Å². The lowest BCUT2D eigenvalue weighted by atomic mass is 10.00. The molecule has 1 atom stereocenters. The maximum atomic E-state index is 12.7. The Hall–Kier alpha value is -2.73. The van der Waals surface area contributed by atoms with E-state index in [1.54, 1.807) is 36.4 Å². The Labute approximate surface area is 164 Å². The first kappa shape index (κ1) is 18.6. The number of ketones is 1. The molecule has 0 aromatic heterocycles. The first-order chi connectivity index (χ1) is 13.6. The highest BCUT2D eigenvalue weighted by molar-refractivity contribution is 6.09. The van der Waals surface area contributed by atoms with E-state index >= 15 is 0 Å². The van der Waals surface area contributed by atoms with Crippen molar-refractivity contribution in [2.24, 2.45) is 0 Å². The van der Waals surface area contributed by atoms with E-state index in [0.717, 1.165) is 39.0 Å². The third-order valence-electron chi connectivity index (χ3n) is 5.86. The largest absolute Gasteiger partial charge is 0.364 e. The van der Waals surface area contributed by atoms with Crippen LogP contribution in [0.3, 0.4) is 0 Å². The predicted molar refractivity (Wildman–Crippen MR) is 109 cm³/mol. The lowest BCUT2D eigenvalue weighted by Crippen LogP contribution is -2.47. The molecule has 2 heterocycles. The Morgan fingerprint density at radius 1 is 0.964 bits per heavy atom. The number of benzene rings is 2. The van der Waals surface area contributed by atoms with Crippen molar-refractivity contribution in [3.05, 3.63) is 69.8 Å². The molecular weight excluding hydrogens is 354 g/mol. The number of carbonyl (C=O) groups excluding carboxylic acids is 1. The standard InChI is InChI=1S/C22H25N3O3/c26-22(17-7-2-1-3-8-17)18-10-11-20(21(15-18)25(27)28)24-14-6-9-19(16-24)23-12-4-5-13-23/h1-3,7-8,10-11,15,19H,4-6,9,12-14,16H2/t19-/m0/s1. The fourth-order valence-electron chi connectivity index (χ4n) is 4.41. The molecule has 0 N–H and O–H groups in total. The van der Waals surface area contributed by atoms with Crippen molar-refractivity contribution in [1.82, 2.24) is 4.90 Å². The number of rotatable bonds is 5. The maximum Gasteiger partial charge on any atom is 0.293 e. The Morgan fingerprint density at radius 2 is 1.71 bits per heavy atom. The molecule has 28 heavy (non-hydrogen) atoms. The highest BCUT2D eigenvalue weighted by atomic mass is 16.6. The normalized spacial score (nSPS) is 20.3. The van der Waals surface area contributed by atoms with Gasteiger partial charge in [-0.2, -0.15) is 0 Å². The van der Waals surface area contributed by atoms with Crippen molar-refractivity contribution >= 4 is 17.2 Å². The molecule has 2 saturated heterocycles. The van der Waals surface area contributed by atoms with Crippen LogP contribution in [0.1, 0.15) is 41.6 Å². The molecule has 2 aromatic rings. The average Bonchev–Trinajstić information content (AvgIpc) is 3.28. The number of piperidine rings is 1. The molecule has 2 aliphatic heterocycles. The van der Waals surface area contributed by atoms with E-state index in [1.807, 2.05) is 6.07 Å². The fourth-order valence-corrected chi connectivity index (χ4v) is 4.41. The summed E-state index contributed by atoms with van der Waals surface area (Å²) in [4.78, 5) is 28.7. The van der Waals surface area contributed by atoms with Crippen molar-refractivity contribution in [3.63, 3.8) is 0 Å². The summed E-state index contributed by atoms with van der Waals surface area (Å²) in [6.45, 7) is 3.89. The van der Waals surface area contributed by atoms with Crippen LogP contribution in [0.4, 0.5) is 11.4 Å². The minimum Gasteiger partial charge on any atom is -0.364 e. The topological polar surface area (TPSA) is 66.7 Å². The number of nitrogens with zero attached hydrogens (tertiary/aromatic N) is 3. The van der Waals surface area contributed by atoms with Gasteiger partial charge >= 0.3 is 0 Å². The molecule has 4 rings (SSSR count). The van der Waals surface area contributed by atoms with Crippen molar-refractivity contribution in [2.45, 2.75) is 31.7 Å². The van der Waals surface area contributed by atoms with Crippen molar-refractivity contribution in [2.75, 3.05) is 31.1 Å². The van der Waals surface area contributed by atoms with Gasteiger partial charge in [-0.1, -0.05) is 30.3 Å². The molecule has 2 aliphatic rings. The maximum absolute atomic E-state index is 12.7. The van der Waals surface area contributed by atoms with E-state index in [2.05, 4.69) is 9.80 Å². The molecule has 6 heteroatoms. The molecule has 146 valence electrons. The average molecular weight is 379 g/mol. The zero-order chi connectivity index (χ0) is 19.5. The van der Waals surface area contributed by atoms with Crippen molar-refractivity contribution in [1.29, 1.82) is 0 Å². The molecule has 0 saturated carbocycles. The summed E-state index contributed by atoms with van der Waals surface area (Å²) in [5.41, 5.74) is 1.54. The molecule has 0 bridgehead atoms. The monoisotopic (exact) mass is 379 g/mol.